The Bertz CT molecular complexity index is 2590. The number of piperidine rings is 2. The lowest BCUT2D eigenvalue weighted by Gasteiger charge is -2.36. The Balaban J connectivity index is 0.682. The first-order valence-electron chi connectivity index (χ1n) is 22.4. The number of carbonyl (C=O) groups excluding carboxylic acids is 3. The van der Waals surface area contributed by atoms with Crippen LogP contribution in [0.15, 0.2) is 47.7 Å². The monoisotopic (exact) mass is 869 g/mol. The van der Waals surface area contributed by atoms with Crippen molar-refractivity contribution in [2.45, 2.75) is 107 Å². The van der Waals surface area contributed by atoms with E-state index in [-0.39, 0.29) is 53.6 Å². The van der Waals surface area contributed by atoms with E-state index in [9.17, 15) is 28.0 Å². The molecule has 4 aliphatic heterocycles. The molecule has 5 aliphatic rings. The average molecular weight is 870 g/mol. The van der Waals surface area contributed by atoms with Crippen LogP contribution >= 0.6 is 0 Å². The molecule has 334 valence electrons. The topological polar surface area (TPSA) is 175 Å². The zero-order chi connectivity index (χ0) is 43.4. The second-order valence-electron chi connectivity index (χ2n) is 17.9. The molecule has 1 saturated carbocycles. The largest absolute Gasteiger partial charge is 0.378 e. The maximum absolute atomic E-state index is 14.3. The van der Waals surface area contributed by atoms with E-state index in [1.165, 1.54) is 15.3 Å². The van der Waals surface area contributed by atoms with Crippen molar-refractivity contribution in [1.29, 1.82) is 0 Å². The van der Waals surface area contributed by atoms with Crippen LogP contribution in [0, 0.1) is 5.92 Å². The number of carbonyl (C=O) groups is 3. The Morgan fingerprint density at radius 2 is 1.87 bits per heavy atom. The number of morpholine rings is 1. The number of hydrogen-bond donors (Lipinski definition) is 2. The third kappa shape index (κ3) is 8.14. The number of fused-ring (bicyclic) bond motifs is 4. The number of aromatic nitrogens is 7. The zero-order valence-corrected chi connectivity index (χ0v) is 35.3. The van der Waals surface area contributed by atoms with Crippen molar-refractivity contribution in [2.75, 3.05) is 49.6 Å². The lowest BCUT2D eigenvalue weighted by Crippen LogP contribution is -2.44. The van der Waals surface area contributed by atoms with Crippen LogP contribution in [0.3, 0.4) is 0 Å². The number of likely N-dealkylation sites (tertiary alicyclic amines) is 1. The number of hydrogen-bond acceptors (Lipinski definition) is 11. The summed E-state index contributed by atoms with van der Waals surface area (Å²) in [5, 5.41) is 13.6. The van der Waals surface area contributed by atoms with Crippen LogP contribution in [0.1, 0.15) is 104 Å². The van der Waals surface area contributed by atoms with Gasteiger partial charge in [-0.05, 0) is 87.8 Å². The van der Waals surface area contributed by atoms with Crippen molar-refractivity contribution in [3.05, 3.63) is 70.2 Å². The van der Waals surface area contributed by atoms with Gasteiger partial charge in [-0.25, -0.2) is 23.1 Å². The summed E-state index contributed by atoms with van der Waals surface area (Å²) in [6.07, 6.45) is 10.6. The number of aryl methyl sites for hydroxylation is 2. The molecule has 10 rings (SSSR count). The van der Waals surface area contributed by atoms with Crippen molar-refractivity contribution in [3.63, 3.8) is 0 Å². The number of imidazole rings is 1. The van der Waals surface area contributed by atoms with E-state index in [2.05, 4.69) is 30.6 Å². The van der Waals surface area contributed by atoms with Crippen molar-refractivity contribution in [3.8, 4) is 0 Å². The van der Waals surface area contributed by atoms with Gasteiger partial charge in [0.25, 0.3) is 12.3 Å². The Hall–Kier alpha value is -5.53. The van der Waals surface area contributed by atoms with E-state index in [1.807, 2.05) is 24.3 Å². The van der Waals surface area contributed by atoms with Gasteiger partial charge in [0.15, 0.2) is 11.3 Å². The van der Waals surface area contributed by atoms with Crippen LogP contribution in [0.5, 0.6) is 0 Å². The first kappa shape index (κ1) is 41.5. The summed E-state index contributed by atoms with van der Waals surface area (Å²) in [6.45, 7) is 4.89. The predicted molar refractivity (Wildman–Crippen MR) is 227 cm³/mol. The third-order valence-corrected chi connectivity index (χ3v) is 13.9. The molecule has 5 aromatic rings. The van der Waals surface area contributed by atoms with Gasteiger partial charge in [0.1, 0.15) is 17.4 Å². The van der Waals surface area contributed by atoms with Crippen LogP contribution in [0.2, 0.25) is 0 Å². The third-order valence-electron chi connectivity index (χ3n) is 13.9. The van der Waals surface area contributed by atoms with E-state index in [0.29, 0.717) is 36.7 Å². The van der Waals surface area contributed by atoms with Gasteiger partial charge >= 0.3 is 5.69 Å². The molecule has 4 saturated heterocycles. The number of amides is 3. The number of anilines is 2. The zero-order valence-electron chi connectivity index (χ0n) is 35.3. The molecule has 17 nitrogen and oxygen atoms in total. The highest BCUT2D eigenvalue weighted by Gasteiger charge is 2.40. The minimum absolute atomic E-state index is 0.00208. The quantitative estimate of drug-likeness (QED) is 0.125. The molecule has 1 aliphatic carbocycles. The number of alkyl halides is 2. The first-order valence-corrected chi connectivity index (χ1v) is 22.4. The highest BCUT2D eigenvalue weighted by Crippen LogP contribution is 2.36. The number of benzene rings is 1. The normalized spacial score (nSPS) is 24.6. The second kappa shape index (κ2) is 17.2. The van der Waals surface area contributed by atoms with Crippen molar-refractivity contribution in [1.82, 2.24) is 43.7 Å². The highest BCUT2D eigenvalue weighted by atomic mass is 19.3. The van der Waals surface area contributed by atoms with Crippen molar-refractivity contribution >= 4 is 45.9 Å². The number of rotatable bonds is 13. The molecule has 1 aromatic carbocycles. The fourth-order valence-electron chi connectivity index (χ4n) is 10.6. The molecule has 1 unspecified atom stereocenters. The summed E-state index contributed by atoms with van der Waals surface area (Å²) in [7, 11) is 1.72. The molecule has 0 radical (unpaired) electrons. The minimum Gasteiger partial charge on any atom is -0.378 e. The molecule has 5 fully saturated rings. The molecular weight excluding hydrogens is 817 g/mol. The van der Waals surface area contributed by atoms with Gasteiger partial charge in [0.2, 0.25) is 11.8 Å². The molecule has 19 heteroatoms. The number of ether oxygens (including phenoxy) is 2. The van der Waals surface area contributed by atoms with Crippen LogP contribution < -0.4 is 21.2 Å². The van der Waals surface area contributed by atoms with Gasteiger partial charge in [-0.3, -0.25) is 33.5 Å². The van der Waals surface area contributed by atoms with Gasteiger partial charge in [-0.1, -0.05) is 12.1 Å². The fraction of sp³-hybridized carbons (Fsp3) is 0.568. The van der Waals surface area contributed by atoms with E-state index >= 15 is 0 Å². The Kier molecular flexibility index (Phi) is 11.3. The summed E-state index contributed by atoms with van der Waals surface area (Å²) >= 11 is 0. The van der Waals surface area contributed by atoms with E-state index in [1.54, 1.807) is 28.7 Å². The van der Waals surface area contributed by atoms with Crippen LogP contribution in [-0.2, 0) is 32.5 Å². The van der Waals surface area contributed by atoms with Crippen LogP contribution in [0.25, 0.3) is 16.7 Å². The standard InChI is InChI=1S/C44H53F2N11O6/c1-52-39-27(4-2-6-34(39)57(44(52)61)35-11-12-37(58)50-43(35)60)5-3-19-62-30-13-16-53(17-14-30)22-26-7-9-28(10-8-26)56-24-33(38(51-56)40(45)46)48-42(59)32-21-47-55-18-15-36(49-41(32)55)54-23-31-20-29(54)25-63-31/h2,4,6,15,18,21,24,26,28-31,35,40H,3,5,7-14,16-17,19-20,22-23,25H2,1H3,(H,48,59)(H,50,58,60)/t26-,28-,29-,31-,35?/m1/s1. The smallest absolute Gasteiger partial charge is 0.329 e. The lowest BCUT2D eigenvalue weighted by molar-refractivity contribution is -0.135. The van der Waals surface area contributed by atoms with E-state index < -0.39 is 30.0 Å². The number of para-hydroxylation sites is 1. The molecule has 8 heterocycles. The van der Waals surface area contributed by atoms with E-state index in [0.717, 1.165) is 101 Å². The SMILES string of the molecule is Cn1c(=O)n(C2CCC(=O)NC2=O)c2cccc(CCCOC3CCN(C[C@H]4CC[C@H](n5cc(NC(=O)c6cnn7ccc(N8C[C@H]9C[C@@H]8CO9)nc67)c(C(F)F)n5)CC4)CC3)c21. The van der Waals surface area contributed by atoms with Crippen LogP contribution in [0.4, 0.5) is 20.3 Å². The maximum Gasteiger partial charge on any atom is 0.329 e. The van der Waals surface area contributed by atoms with Crippen LogP contribution in [-0.4, -0.2) is 114 Å². The van der Waals surface area contributed by atoms with E-state index in [4.69, 9.17) is 14.5 Å². The summed E-state index contributed by atoms with van der Waals surface area (Å²) < 4.78 is 46.9. The molecule has 3 amide bonds. The lowest BCUT2D eigenvalue weighted by atomic mass is 9.85. The molecule has 2 bridgehead atoms. The maximum atomic E-state index is 14.3. The first-order chi connectivity index (χ1) is 30.6. The Morgan fingerprint density at radius 1 is 1.05 bits per heavy atom. The van der Waals surface area contributed by atoms with Gasteiger partial charge in [0, 0.05) is 58.6 Å². The average Bonchev–Trinajstić information content (AvgIpc) is 4.13. The van der Waals surface area contributed by atoms with Gasteiger partial charge < -0.3 is 24.6 Å². The molecule has 0 spiro atoms. The second-order valence-corrected chi connectivity index (χ2v) is 17.9. The molecular formula is C44H53F2N11O6. The van der Waals surface area contributed by atoms with Gasteiger partial charge in [-0.15, -0.1) is 0 Å². The molecule has 63 heavy (non-hydrogen) atoms. The minimum atomic E-state index is -2.86. The molecule has 2 N–H and O–H groups in total. The fourth-order valence-corrected chi connectivity index (χ4v) is 10.6. The summed E-state index contributed by atoms with van der Waals surface area (Å²) in [6, 6.07) is 7.14. The van der Waals surface area contributed by atoms with Crippen molar-refractivity contribution in [2.24, 2.45) is 13.0 Å². The number of imide groups is 1. The predicted octanol–water partition coefficient (Wildman–Crippen LogP) is 4.57. The number of nitrogens with one attached hydrogen (secondary N) is 2. The van der Waals surface area contributed by atoms with Gasteiger partial charge in [-0.2, -0.15) is 10.2 Å². The summed E-state index contributed by atoms with van der Waals surface area (Å²) in [4.78, 5) is 60.6. The molecule has 4 aromatic heterocycles. The summed E-state index contributed by atoms with van der Waals surface area (Å²) in [5.41, 5.74) is 2.36. The number of halogens is 2. The Labute approximate surface area is 361 Å². The summed E-state index contributed by atoms with van der Waals surface area (Å²) in [5.74, 6) is -0.0844. The van der Waals surface area contributed by atoms with Gasteiger partial charge in [0.05, 0.1) is 53.8 Å². The molecule has 3 atom stereocenters. The Morgan fingerprint density at radius 3 is 2.62 bits per heavy atom. The van der Waals surface area contributed by atoms with Crippen molar-refractivity contribution < 1.29 is 32.6 Å². The highest BCUT2D eigenvalue weighted by molar-refractivity contribution is 6.08. The number of nitrogens with zero attached hydrogens (tertiary/aromatic N) is 9.